The molecule has 2 nitrogen and oxygen atoms in total. The van der Waals surface area contributed by atoms with Crippen LogP contribution in [0.2, 0.25) is 0 Å². The number of piperidine rings is 2. The summed E-state index contributed by atoms with van der Waals surface area (Å²) in [5, 5.41) is 0. The Kier molecular flexibility index (Phi) is 4.66. The standard InChI is InChI=1S/C14H28N2/c1-3-13-7-5-6-10-16(13)14-8-11-15(4-2)12-9-14/h13-14H,3-12H2,1-2H3/p+2/t13-/m1/s1. The summed E-state index contributed by atoms with van der Waals surface area (Å²) in [4.78, 5) is 3.81. The fourth-order valence-corrected chi connectivity index (χ4v) is 3.86. The Labute approximate surface area is 101 Å². The van der Waals surface area contributed by atoms with E-state index in [1.807, 2.05) is 9.80 Å². The first-order valence-corrected chi connectivity index (χ1v) is 7.54. The molecule has 2 saturated heterocycles. The largest absolute Gasteiger partial charge is 0.335 e. The van der Waals surface area contributed by atoms with Crippen molar-refractivity contribution in [2.45, 2.75) is 64.5 Å². The maximum atomic E-state index is 2.39. The van der Waals surface area contributed by atoms with Gasteiger partial charge in [0.15, 0.2) is 0 Å². The van der Waals surface area contributed by atoms with Crippen molar-refractivity contribution in [3.8, 4) is 0 Å². The van der Waals surface area contributed by atoms with Crippen LogP contribution in [0.15, 0.2) is 0 Å². The Morgan fingerprint density at radius 1 is 0.938 bits per heavy atom. The van der Waals surface area contributed by atoms with Crippen molar-refractivity contribution in [2.75, 3.05) is 26.2 Å². The van der Waals surface area contributed by atoms with Crippen LogP contribution in [0.4, 0.5) is 0 Å². The number of nitrogens with one attached hydrogen (secondary N) is 2. The van der Waals surface area contributed by atoms with Crippen LogP contribution in [0.3, 0.4) is 0 Å². The second kappa shape index (κ2) is 6.02. The topological polar surface area (TPSA) is 8.88 Å². The second-order valence-electron chi connectivity index (χ2n) is 5.80. The van der Waals surface area contributed by atoms with Crippen LogP contribution >= 0.6 is 0 Å². The third-order valence-corrected chi connectivity index (χ3v) is 5.00. The molecule has 1 unspecified atom stereocenters. The minimum atomic E-state index is 0.988. The molecule has 0 radical (unpaired) electrons. The quantitative estimate of drug-likeness (QED) is 0.665. The van der Waals surface area contributed by atoms with Crippen LogP contribution in [0, 0.1) is 0 Å². The molecule has 0 saturated carbocycles. The minimum Gasteiger partial charge on any atom is -0.335 e. The summed E-state index contributed by atoms with van der Waals surface area (Å²) in [5.74, 6) is 0. The zero-order valence-electron chi connectivity index (χ0n) is 11.2. The van der Waals surface area contributed by atoms with Gasteiger partial charge in [0.05, 0.1) is 38.3 Å². The fourth-order valence-electron chi connectivity index (χ4n) is 3.86. The molecule has 0 aromatic heterocycles. The lowest BCUT2D eigenvalue weighted by Crippen LogP contribution is -3.23. The smallest absolute Gasteiger partial charge is 0.0985 e. The van der Waals surface area contributed by atoms with Crippen LogP contribution in [0.1, 0.15) is 52.4 Å². The molecular weight excluding hydrogens is 196 g/mol. The van der Waals surface area contributed by atoms with E-state index in [1.165, 1.54) is 64.7 Å². The molecule has 2 fully saturated rings. The fraction of sp³-hybridized carbons (Fsp3) is 1.00. The van der Waals surface area contributed by atoms with Gasteiger partial charge in [-0.25, -0.2) is 0 Å². The number of hydrogen-bond donors (Lipinski definition) is 2. The van der Waals surface area contributed by atoms with Gasteiger partial charge in [-0.1, -0.05) is 6.92 Å². The molecule has 2 heterocycles. The molecule has 2 rings (SSSR count). The molecule has 0 bridgehead atoms. The van der Waals surface area contributed by atoms with Gasteiger partial charge in [-0.2, -0.15) is 0 Å². The van der Waals surface area contributed by atoms with Gasteiger partial charge in [0.1, 0.15) is 0 Å². The minimum absolute atomic E-state index is 0.988. The van der Waals surface area contributed by atoms with E-state index in [0.717, 1.165) is 12.1 Å². The molecule has 2 N–H and O–H groups in total. The summed E-state index contributed by atoms with van der Waals surface area (Å²) >= 11 is 0. The van der Waals surface area contributed by atoms with Gasteiger partial charge in [-0.05, 0) is 32.6 Å². The first kappa shape index (κ1) is 12.4. The number of hydrogen-bond acceptors (Lipinski definition) is 0. The van der Waals surface area contributed by atoms with Gasteiger partial charge >= 0.3 is 0 Å². The van der Waals surface area contributed by atoms with Crippen molar-refractivity contribution in [3.63, 3.8) is 0 Å². The molecule has 0 amide bonds. The van der Waals surface area contributed by atoms with Crippen molar-refractivity contribution in [2.24, 2.45) is 0 Å². The highest BCUT2D eigenvalue weighted by atomic mass is 15.2. The van der Waals surface area contributed by atoms with Crippen molar-refractivity contribution in [1.82, 2.24) is 0 Å². The Morgan fingerprint density at radius 2 is 1.69 bits per heavy atom. The van der Waals surface area contributed by atoms with E-state index in [4.69, 9.17) is 0 Å². The highest BCUT2D eigenvalue weighted by molar-refractivity contribution is 4.66. The van der Waals surface area contributed by atoms with Gasteiger partial charge < -0.3 is 9.80 Å². The molecule has 0 aromatic rings. The van der Waals surface area contributed by atoms with E-state index < -0.39 is 0 Å². The molecule has 16 heavy (non-hydrogen) atoms. The van der Waals surface area contributed by atoms with E-state index in [0.29, 0.717) is 0 Å². The highest BCUT2D eigenvalue weighted by Crippen LogP contribution is 2.09. The highest BCUT2D eigenvalue weighted by Gasteiger charge is 2.34. The SMILES string of the molecule is CC[C@@H]1CCCC[NH+]1C1CC[NH+](CC)CC1. The lowest BCUT2D eigenvalue weighted by Gasteiger charge is -2.40. The Bertz CT molecular complexity index is 197. The van der Waals surface area contributed by atoms with E-state index in [2.05, 4.69) is 13.8 Å². The Hall–Kier alpha value is -0.0800. The van der Waals surface area contributed by atoms with Crippen LogP contribution in [0.5, 0.6) is 0 Å². The average Bonchev–Trinajstić information content (AvgIpc) is 2.39. The molecule has 0 spiro atoms. The van der Waals surface area contributed by atoms with Crippen LogP contribution < -0.4 is 9.80 Å². The molecule has 0 aliphatic carbocycles. The van der Waals surface area contributed by atoms with Crippen LogP contribution in [-0.2, 0) is 0 Å². The summed E-state index contributed by atoms with van der Waals surface area (Å²) in [7, 11) is 0. The average molecular weight is 226 g/mol. The summed E-state index contributed by atoms with van der Waals surface area (Å²) in [6, 6.07) is 1.99. The van der Waals surface area contributed by atoms with Crippen LogP contribution in [0.25, 0.3) is 0 Å². The molecule has 2 atom stereocenters. The van der Waals surface area contributed by atoms with Crippen molar-refractivity contribution >= 4 is 0 Å². The van der Waals surface area contributed by atoms with Crippen molar-refractivity contribution in [1.29, 1.82) is 0 Å². The third kappa shape index (κ3) is 2.78. The summed E-state index contributed by atoms with van der Waals surface area (Å²) in [6.07, 6.45) is 8.82. The van der Waals surface area contributed by atoms with Gasteiger partial charge in [0, 0.05) is 12.8 Å². The predicted octanol–water partition coefficient (Wildman–Crippen LogP) is -0.0990. The van der Waals surface area contributed by atoms with E-state index in [-0.39, 0.29) is 0 Å². The first-order valence-electron chi connectivity index (χ1n) is 7.54. The Balaban J connectivity index is 1.86. The molecule has 2 heteroatoms. The molecule has 2 aliphatic rings. The van der Waals surface area contributed by atoms with Gasteiger partial charge in [0.2, 0.25) is 0 Å². The third-order valence-electron chi connectivity index (χ3n) is 5.00. The first-order chi connectivity index (χ1) is 7.85. The summed E-state index contributed by atoms with van der Waals surface area (Å²) < 4.78 is 0. The number of rotatable bonds is 3. The Morgan fingerprint density at radius 3 is 2.31 bits per heavy atom. The lowest BCUT2D eigenvalue weighted by atomic mass is 9.94. The summed E-state index contributed by atoms with van der Waals surface area (Å²) in [5.41, 5.74) is 0. The van der Waals surface area contributed by atoms with Gasteiger partial charge in [-0.15, -0.1) is 0 Å². The summed E-state index contributed by atoms with van der Waals surface area (Å²) in [6.45, 7) is 10.4. The zero-order valence-corrected chi connectivity index (χ0v) is 11.2. The lowest BCUT2D eigenvalue weighted by molar-refractivity contribution is -0.976. The van der Waals surface area contributed by atoms with Gasteiger partial charge in [-0.3, -0.25) is 0 Å². The maximum Gasteiger partial charge on any atom is 0.0985 e. The van der Waals surface area contributed by atoms with E-state index >= 15 is 0 Å². The normalized spacial score (nSPS) is 40.9. The predicted molar refractivity (Wildman–Crippen MR) is 68.0 cm³/mol. The van der Waals surface area contributed by atoms with Crippen LogP contribution in [-0.4, -0.2) is 38.3 Å². The zero-order chi connectivity index (χ0) is 11.4. The van der Waals surface area contributed by atoms with E-state index in [9.17, 15) is 0 Å². The van der Waals surface area contributed by atoms with Crippen molar-refractivity contribution < 1.29 is 9.80 Å². The number of quaternary nitrogens is 2. The van der Waals surface area contributed by atoms with Crippen molar-refractivity contribution in [3.05, 3.63) is 0 Å². The molecule has 0 aromatic carbocycles. The molecule has 94 valence electrons. The van der Waals surface area contributed by atoms with E-state index in [1.54, 1.807) is 0 Å². The molecule has 2 aliphatic heterocycles. The molecular formula is C14H30N2+2. The second-order valence-corrected chi connectivity index (χ2v) is 5.80. The van der Waals surface area contributed by atoms with Gasteiger partial charge in [0.25, 0.3) is 0 Å². The maximum absolute atomic E-state index is 2.39. The monoisotopic (exact) mass is 226 g/mol. The number of likely N-dealkylation sites (tertiary alicyclic amines) is 2.